The van der Waals surface area contributed by atoms with Crippen molar-refractivity contribution in [3.63, 3.8) is 0 Å². The lowest BCUT2D eigenvalue weighted by atomic mass is 10.1. The van der Waals surface area contributed by atoms with E-state index in [0.717, 1.165) is 9.13 Å². The number of benzene rings is 2. The summed E-state index contributed by atoms with van der Waals surface area (Å²) in [6, 6.07) is 12.9. The topological polar surface area (TPSA) is 71.3 Å². The molecule has 2 aromatic rings. The van der Waals surface area contributed by atoms with Gasteiger partial charge in [-0.25, -0.2) is 0 Å². The fourth-order valence-corrected chi connectivity index (χ4v) is 2.82. The predicted molar refractivity (Wildman–Crippen MR) is 106 cm³/mol. The van der Waals surface area contributed by atoms with Crippen LogP contribution in [-0.2, 0) is 4.79 Å². The van der Waals surface area contributed by atoms with Crippen LogP contribution in [-0.4, -0.2) is 20.1 Å². The van der Waals surface area contributed by atoms with Gasteiger partial charge in [0.1, 0.15) is 11.6 Å². The number of hydrogen-bond acceptors (Lipinski definition) is 4. The van der Waals surface area contributed by atoms with Crippen molar-refractivity contribution in [3.8, 4) is 17.6 Å². The Morgan fingerprint density at radius 1 is 1.20 bits per heavy atom. The summed E-state index contributed by atoms with van der Waals surface area (Å²) in [4.78, 5) is 12.4. The van der Waals surface area contributed by atoms with Crippen molar-refractivity contribution in [2.75, 3.05) is 19.5 Å². The molecule has 0 bridgehead atoms. The third kappa shape index (κ3) is 4.73. The van der Waals surface area contributed by atoms with E-state index in [0.29, 0.717) is 22.7 Å². The molecule has 0 aliphatic carbocycles. The van der Waals surface area contributed by atoms with Gasteiger partial charge in [0.25, 0.3) is 5.91 Å². The smallest absolute Gasteiger partial charge is 0.266 e. The van der Waals surface area contributed by atoms with Gasteiger partial charge in [-0.1, -0.05) is 17.7 Å². The highest BCUT2D eigenvalue weighted by molar-refractivity contribution is 14.1. The first-order chi connectivity index (χ1) is 12.0. The van der Waals surface area contributed by atoms with Gasteiger partial charge < -0.3 is 14.8 Å². The molecule has 25 heavy (non-hydrogen) atoms. The van der Waals surface area contributed by atoms with Gasteiger partial charge in [0, 0.05) is 14.8 Å². The van der Waals surface area contributed by atoms with Gasteiger partial charge in [-0.05, 0) is 59.9 Å². The van der Waals surface area contributed by atoms with Gasteiger partial charge >= 0.3 is 0 Å². The van der Waals surface area contributed by atoms with Gasteiger partial charge in [0.05, 0.1) is 14.2 Å². The molecule has 0 aliphatic heterocycles. The second-order valence-electron chi connectivity index (χ2n) is 5.22. The highest BCUT2D eigenvalue weighted by Crippen LogP contribution is 2.34. The summed E-state index contributed by atoms with van der Waals surface area (Å²) >= 11 is 2.14. The fourth-order valence-electron chi connectivity index (χ4n) is 2.21. The molecule has 6 heteroatoms. The summed E-state index contributed by atoms with van der Waals surface area (Å²) in [6.45, 7) is 1.96. The third-order valence-corrected chi connectivity index (χ3v) is 4.07. The molecule has 0 heterocycles. The zero-order valence-corrected chi connectivity index (χ0v) is 16.2. The van der Waals surface area contributed by atoms with E-state index in [-0.39, 0.29) is 5.57 Å². The minimum atomic E-state index is -0.480. The van der Waals surface area contributed by atoms with E-state index < -0.39 is 5.91 Å². The van der Waals surface area contributed by atoms with Crippen LogP contribution in [0.5, 0.6) is 11.5 Å². The maximum atomic E-state index is 12.4. The van der Waals surface area contributed by atoms with E-state index in [4.69, 9.17) is 9.47 Å². The van der Waals surface area contributed by atoms with E-state index >= 15 is 0 Å². The SMILES string of the molecule is COc1cc(I)cc(/C=C(/C#N)C(=O)Nc2ccc(C)cc2)c1OC. The van der Waals surface area contributed by atoms with Crippen LogP contribution in [0, 0.1) is 21.8 Å². The second kappa shape index (κ2) is 8.53. The van der Waals surface area contributed by atoms with E-state index in [2.05, 4.69) is 27.9 Å². The predicted octanol–water partition coefficient (Wildman–Crippen LogP) is 4.16. The number of anilines is 1. The quantitative estimate of drug-likeness (QED) is 0.424. The highest BCUT2D eigenvalue weighted by Gasteiger charge is 2.14. The highest BCUT2D eigenvalue weighted by atomic mass is 127. The number of rotatable bonds is 5. The summed E-state index contributed by atoms with van der Waals surface area (Å²) in [7, 11) is 3.05. The van der Waals surface area contributed by atoms with Gasteiger partial charge in [-0.3, -0.25) is 4.79 Å². The molecular formula is C19H17IN2O3. The van der Waals surface area contributed by atoms with Crippen molar-refractivity contribution in [2.45, 2.75) is 6.92 Å². The number of amides is 1. The Labute approximate surface area is 160 Å². The van der Waals surface area contributed by atoms with Gasteiger partial charge in [-0.2, -0.15) is 5.26 Å². The lowest BCUT2D eigenvalue weighted by Gasteiger charge is -2.12. The Bertz CT molecular complexity index is 852. The molecule has 128 valence electrons. The van der Waals surface area contributed by atoms with Crippen LogP contribution < -0.4 is 14.8 Å². The molecule has 0 fully saturated rings. The van der Waals surface area contributed by atoms with Crippen LogP contribution in [0.4, 0.5) is 5.69 Å². The number of nitrogens with zero attached hydrogens (tertiary/aromatic N) is 1. The molecule has 0 aromatic heterocycles. The third-order valence-electron chi connectivity index (χ3n) is 3.45. The number of carbonyl (C=O) groups excluding carboxylic acids is 1. The molecule has 5 nitrogen and oxygen atoms in total. The normalized spacial score (nSPS) is 10.8. The van der Waals surface area contributed by atoms with Crippen LogP contribution in [0.1, 0.15) is 11.1 Å². The average Bonchev–Trinajstić information content (AvgIpc) is 2.60. The standard InChI is InChI=1S/C19H17IN2O3/c1-12-4-6-16(7-5-12)22-19(23)14(11-21)8-13-9-15(20)10-17(24-2)18(13)25-3/h4-10H,1-3H3,(H,22,23)/b14-8-. The zero-order chi connectivity index (χ0) is 18.4. The van der Waals surface area contributed by atoms with Crippen LogP contribution in [0.3, 0.4) is 0 Å². The number of methoxy groups -OCH3 is 2. The summed E-state index contributed by atoms with van der Waals surface area (Å²) in [6.07, 6.45) is 1.49. The summed E-state index contributed by atoms with van der Waals surface area (Å²) in [5.41, 5.74) is 2.29. The molecule has 1 N–H and O–H groups in total. The maximum Gasteiger partial charge on any atom is 0.266 e. The fraction of sp³-hybridized carbons (Fsp3) is 0.158. The molecule has 0 radical (unpaired) electrons. The minimum Gasteiger partial charge on any atom is -0.493 e. The first kappa shape index (κ1) is 18.8. The van der Waals surface area contributed by atoms with Crippen molar-refractivity contribution in [3.05, 3.63) is 56.7 Å². The van der Waals surface area contributed by atoms with Crippen molar-refractivity contribution < 1.29 is 14.3 Å². The second-order valence-corrected chi connectivity index (χ2v) is 6.47. The van der Waals surface area contributed by atoms with Crippen molar-refractivity contribution in [2.24, 2.45) is 0 Å². The average molecular weight is 448 g/mol. The number of nitriles is 1. The van der Waals surface area contributed by atoms with Crippen molar-refractivity contribution >= 4 is 40.3 Å². The summed E-state index contributed by atoms with van der Waals surface area (Å²) in [5, 5.41) is 12.1. The first-order valence-corrected chi connectivity index (χ1v) is 8.47. The maximum absolute atomic E-state index is 12.4. The van der Waals surface area contributed by atoms with E-state index in [1.165, 1.54) is 20.3 Å². The molecule has 1 amide bonds. The van der Waals surface area contributed by atoms with E-state index in [9.17, 15) is 10.1 Å². The van der Waals surface area contributed by atoms with Gasteiger partial charge in [-0.15, -0.1) is 0 Å². The van der Waals surface area contributed by atoms with Gasteiger partial charge in [0.15, 0.2) is 11.5 Å². The number of halogens is 1. The van der Waals surface area contributed by atoms with Crippen LogP contribution in [0.15, 0.2) is 42.0 Å². The Kier molecular flexibility index (Phi) is 6.42. The molecule has 0 aliphatic rings. The van der Waals surface area contributed by atoms with Crippen LogP contribution in [0.2, 0.25) is 0 Å². The van der Waals surface area contributed by atoms with Crippen LogP contribution in [0.25, 0.3) is 6.08 Å². The number of hydrogen-bond donors (Lipinski definition) is 1. The van der Waals surface area contributed by atoms with E-state index in [1.54, 1.807) is 12.1 Å². The Morgan fingerprint density at radius 3 is 2.44 bits per heavy atom. The number of ether oxygens (including phenoxy) is 2. The van der Waals surface area contributed by atoms with Crippen molar-refractivity contribution in [1.29, 1.82) is 5.26 Å². The molecule has 0 saturated heterocycles. The van der Waals surface area contributed by atoms with Gasteiger partial charge in [0.2, 0.25) is 0 Å². The lowest BCUT2D eigenvalue weighted by Crippen LogP contribution is -2.13. The van der Waals surface area contributed by atoms with Crippen LogP contribution >= 0.6 is 22.6 Å². The largest absolute Gasteiger partial charge is 0.493 e. The molecule has 0 unspecified atom stereocenters. The first-order valence-electron chi connectivity index (χ1n) is 7.39. The van der Waals surface area contributed by atoms with E-state index in [1.807, 2.05) is 37.3 Å². The number of aryl methyl sites for hydroxylation is 1. The zero-order valence-electron chi connectivity index (χ0n) is 14.1. The Morgan fingerprint density at radius 2 is 1.88 bits per heavy atom. The molecule has 0 spiro atoms. The minimum absolute atomic E-state index is 0.0251. The van der Waals surface area contributed by atoms with Crippen molar-refractivity contribution in [1.82, 2.24) is 0 Å². The molecule has 0 saturated carbocycles. The Balaban J connectivity index is 2.37. The molecular weight excluding hydrogens is 431 g/mol. The lowest BCUT2D eigenvalue weighted by molar-refractivity contribution is -0.112. The summed E-state index contributed by atoms with van der Waals surface area (Å²) in [5.74, 6) is 0.530. The monoisotopic (exact) mass is 448 g/mol. The molecule has 2 aromatic carbocycles. The molecule has 2 rings (SSSR count). The summed E-state index contributed by atoms with van der Waals surface area (Å²) < 4.78 is 11.6. The Hall–Kier alpha value is -2.53. The molecule has 0 atom stereocenters. The number of carbonyl (C=O) groups is 1. The number of nitrogens with one attached hydrogen (secondary N) is 1.